The zero-order valence-corrected chi connectivity index (χ0v) is 11.2. The minimum absolute atomic E-state index is 0.0568. The third-order valence-electron chi connectivity index (χ3n) is 3.28. The first-order chi connectivity index (χ1) is 7.99. The third-order valence-corrected chi connectivity index (χ3v) is 5.78. The van der Waals surface area contributed by atoms with Gasteiger partial charge >= 0.3 is 0 Å². The molecule has 17 heavy (non-hydrogen) atoms. The summed E-state index contributed by atoms with van der Waals surface area (Å²) in [4.78, 5) is 0.306. The van der Waals surface area contributed by atoms with Gasteiger partial charge in [-0.2, -0.15) is 0 Å². The molecule has 1 aliphatic rings. The van der Waals surface area contributed by atoms with Gasteiger partial charge in [0.2, 0.25) is 0 Å². The van der Waals surface area contributed by atoms with E-state index >= 15 is 0 Å². The van der Waals surface area contributed by atoms with Crippen LogP contribution >= 0.6 is 12.2 Å². The average Bonchev–Trinajstić information content (AvgIpc) is 3.06. The summed E-state index contributed by atoms with van der Waals surface area (Å²) in [5.74, 6) is -0.115. The van der Waals surface area contributed by atoms with Crippen molar-refractivity contribution in [1.29, 1.82) is 0 Å². The molecule has 1 aromatic carbocycles. The van der Waals surface area contributed by atoms with Gasteiger partial charge in [0.1, 0.15) is 0 Å². The molecule has 1 aliphatic carbocycles. The molecule has 0 saturated heterocycles. The molecule has 0 bridgehead atoms. The van der Waals surface area contributed by atoms with Gasteiger partial charge in [-0.1, -0.05) is 49.5 Å². The first-order valence-corrected chi connectivity index (χ1v) is 7.67. The lowest BCUT2D eigenvalue weighted by Crippen LogP contribution is -2.18. The van der Waals surface area contributed by atoms with Crippen LogP contribution in [0.2, 0.25) is 0 Å². The van der Waals surface area contributed by atoms with E-state index in [2.05, 4.69) is 0 Å². The fourth-order valence-corrected chi connectivity index (χ4v) is 4.54. The SMILES string of the molecule is CCS(=O)(=O)C1C(C(N)=S)C1c1ccccc1. The summed E-state index contributed by atoms with van der Waals surface area (Å²) >= 11 is 4.97. The van der Waals surface area contributed by atoms with Gasteiger partial charge in [0.15, 0.2) is 9.84 Å². The Morgan fingerprint density at radius 3 is 2.41 bits per heavy atom. The standard InChI is InChI=1S/C12H15NO2S2/c1-2-17(14,15)11-9(10(11)12(13)16)8-6-4-3-5-7-8/h3-7,9-11H,2H2,1H3,(H2,13,16). The number of nitrogens with two attached hydrogens (primary N) is 1. The molecule has 3 nitrogen and oxygen atoms in total. The summed E-state index contributed by atoms with van der Waals surface area (Å²) < 4.78 is 23.9. The van der Waals surface area contributed by atoms with Gasteiger partial charge in [-0.25, -0.2) is 8.42 Å². The number of rotatable bonds is 4. The topological polar surface area (TPSA) is 60.2 Å². The Bertz CT molecular complexity index is 525. The molecule has 5 heteroatoms. The molecule has 0 aliphatic heterocycles. The second-order valence-electron chi connectivity index (χ2n) is 4.28. The van der Waals surface area contributed by atoms with Crippen molar-refractivity contribution in [2.45, 2.75) is 18.1 Å². The van der Waals surface area contributed by atoms with Gasteiger partial charge in [-0.15, -0.1) is 0 Å². The number of thiocarbonyl (C=S) groups is 1. The zero-order valence-electron chi connectivity index (χ0n) is 9.54. The van der Waals surface area contributed by atoms with Gasteiger partial charge in [0.05, 0.1) is 10.2 Å². The Labute approximate surface area is 107 Å². The summed E-state index contributed by atoms with van der Waals surface area (Å²) in [6.07, 6.45) is 0. The summed E-state index contributed by atoms with van der Waals surface area (Å²) in [5.41, 5.74) is 6.64. The van der Waals surface area contributed by atoms with Crippen LogP contribution in [0.1, 0.15) is 18.4 Å². The molecule has 1 saturated carbocycles. The average molecular weight is 269 g/mol. The van der Waals surface area contributed by atoms with Gasteiger partial charge in [-0.3, -0.25) is 0 Å². The highest BCUT2D eigenvalue weighted by atomic mass is 32.2. The molecule has 2 N–H and O–H groups in total. The summed E-state index contributed by atoms with van der Waals surface area (Å²) in [7, 11) is -3.08. The van der Waals surface area contributed by atoms with E-state index in [1.54, 1.807) is 6.92 Å². The summed E-state index contributed by atoms with van der Waals surface area (Å²) in [6.45, 7) is 1.66. The normalized spacial score (nSPS) is 27.7. The van der Waals surface area contributed by atoms with Crippen molar-refractivity contribution >= 4 is 27.0 Å². The van der Waals surface area contributed by atoms with Crippen LogP contribution in [0.3, 0.4) is 0 Å². The van der Waals surface area contributed by atoms with Crippen molar-refractivity contribution in [3.8, 4) is 0 Å². The first-order valence-electron chi connectivity index (χ1n) is 5.55. The van der Waals surface area contributed by atoms with Crippen LogP contribution in [0.25, 0.3) is 0 Å². The van der Waals surface area contributed by atoms with Crippen molar-refractivity contribution < 1.29 is 8.42 Å². The molecule has 0 aromatic heterocycles. The molecule has 0 spiro atoms. The fourth-order valence-electron chi connectivity index (χ4n) is 2.33. The monoisotopic (exact) mass is 269 g/mol. The van der Waals surface area contributed by atoms with Crippen LogP contribution in [0.15, 0.2) is 30.3 Å². The quantitative estimate of drug-likeness (QED) is 0.841. The summed E-state index contributed by atoms with van der Waals surface area (Å²) in [5, 5.41) is -0.424. The minimum Gasteiger partial charge on any atom is -0.393 e. The molecule has 3 atom stereocenters. The first kappa shape index (κ1) is 12.5. The Kier molecular flexibility index (Phi) is 3.23. The molecule has 0 amide bonds. The Hall–Kier alpha value is -0.940. The van der Waals surface area contributed by atoms with Gasteiger partial charge in [0.25, 0.3) is 0 Å². The van der Waals surface area contributed by atoms with Crippen LogP contribution in [-0.2, 0) is 9.84 Å². The van der Waals surface area contributed by atoms with E-state index in [4.69, 9.17) is 18.0 Å². The Morgan fingerprint density at radius 2 is 1.94 bits per heavy atom. The van der Waals surface area contributed by atoms with E-state index in [0.717, 1.165) is 5.56 Å². The van der Waals surface area contributed by atoms with E-state index in [1.807, 2.05) is 30.3 Å². The molecule has 0 radical (unpaired) electrons. The molecule has 1 aromatic rings. The number of benzene rings is 1. The van der Waals surface area contributed by atoms with E-state index in [9.17, 15) is 8.42 Å². The Morgan fingerprint density at radius 1 is 1.35 bits per heavy atom. The predicted molar refractivity (Wildman–Crippen MR) is 72.7 cm³/mol. The molecule has 92 valence electrons. The lowest BCUT2D eigenvalue weighted by molar-refractivity contribution is 0.594. The molecule has 3 unspecified atom stereocenters. The second kappa shape index (κ2) is 4.38. The van der Waals surface area contributed by atoms with E-state index < -0.39 is 15.1 Å². The van der Waals surface area contributed by atoms with Crippen molar-refractivity contribution in [3.63, 3.8) is 0 Å². The lowest BCUT2D eigenvalue weighted by atomic mass is 10.1. The maximum atomic E-state index is 11.9. The summed E-state index contributed by atoms with van der Waals surface area (Å²) in [6, 6.07) is 9.58. The van der Waals surface area contributed by atoms with Crippen LogP contribution in [0, 0.1) is 5.92 Å². The van der Waals surface area contributed by atoms with Crippen molar-refractivity contribution in [2.24, 2.45) is 11.7 Å². The highest BCUT2D eigenvalue weighted by Gasteiger charge is 2.59. The smallest absolute Gasteiger partial charge is 0.154 e. The zero-order chi connectivity index (χ0) is 12.6. The third kappa shape index (κ3) is 2.21. The molecular weight excluding hydrogens is 254 g/mol. The lowest BCUT2D eigenvalue weighted by Gasteiger charge is -1.99. The number of hydrogen-bond donors (Lipinski definition) is 1. The van der Waals surface area contributed by atoms with Crippen LogP contribution in [0.5, 0.6) is 0 Å². The molecule has 1 fully saturated rings. The van der Waals surface area contributed by atoms with E-state index in [0.29, 0.717) is 4.99 Å². The van der Waals surface area contributed by atoms with E-state index in [1.165, 1.54) is 0 Å². The number of hydrogen-bond acceptors (Lipinski definition) is 3. The maximum absolute atomic E-state index is 11.9. The fraction of sp³-hybridized carbons (Fsp3) is 0.417. The van der Waals surface area contributed by atoms with Crippen LogP contribution < -0.4 is 5.73 Å². The van der Waals surface area contributed by atoms with Crippen LogP contribution in [-0.4, -0.2) is 24.4 Å². The predicted octanol–water partition coefficient (Wildman–Crippen LogP) is 1.49. The largest absolute Gasteiger partial charge is 0.393 e. The van der Waals surface area contributed by atoms with Crippen molar-refractivity contribution in [2.75, 3.05) is 5.75 Å². The molecule has 0 heterocycles. The van der Waals surface area contributed by atoms with Crippen LogP contribution in [0.4, 0.5) is 0 Å². The molecule has 2 rings (SSSR count). The number of sulfone groups is 1. The second-order valence-corrected chi connectivity index (χ2v) is 7.20. The van der Waals surface area contributed by atoms with Crippen molar-refractivity contribution in [3.05, 3.63) is 35.9 Å². The highest BCUT2D eigenvalue weighted by molar-refractivity contribution is 7.92. The Balaban J connectivity index is 2.34. The van der Waals surface area contributed by atoms with Gasteiger partial charge < -0.3 is 5.73 Å². The minimum atomic E-state index is -3.08. The van der Waals surface area contributed by atoms with Gasteiger partial charge in [-0.05, 0) is 5.56 Å². The van der Waals surface area contributed by atoms with Crippen molar-refractivity contribution in [1.82, 2.24) is 0 Å². The molecular formula is C12H15NO2S2. The maximum Gasteiger partial charge on any atom is 0.154 e. The highest BCUT2D eigenvalue weighted by Crippen LogP contribution is 2.52. The van der Waals surface area contributed by atoms with Gasteiger partial charge in [0, 0.05) is 17.6 Å². The van der Waals surface area contributed by atoms with E-state index in [-0.39, 0.29) is 17.6 Å².